The quantitative estimate of drug-likeness (QED) is 0.583. The van der Waals surface area contributed by atoms with Crippen molar-refractivity contribution in [3.8, 4) is 0 Å². The molecule has 3 nitrogen and oxygen atoms in total. The summed E-state index contributed by atoms with van der Waals surface area (Å²) < 4.78 is 0. The highest BCUT2D eigenvalue weighted by Gasteiger charge is 2.13. The van der Waals surface area contributed by atoms with Gasteiger partial charge in [-0.25, -0.2) is 0 Å². The van der Waals surface area contributed by atoms with Gasteiger partial charge in [-0.2, -0.15) is 0 Å². The van der Waals surface area contributed by atoms with E-state index < -0.39 is 5.91 Å². The Balaban J connectivity index is 2.30. The van der Waals surface area contributed by atoms with Gasteiger partial charge in [-0.1, -0.05) is 46.4 Å². The Kier molecular flexibility index (Phi) is 4.66. The third kappa shape index (κ3) is 3.30. The summed E-state index contributed by atoms with van der Waals surface area (Å²) in [5.41, 5.74) is 6.65. The highest BCUT2D eigenvalue weighted by Crippen LogP contribution is 2.32. The minimum absolute atomic E-state index is 0.270. The third-order valence-corrected chi connectivity index (χ3v) is 3.79. The molecule has 2 aromatic rings. The Hall–Kier alpha value is -1.13. The summed E-state index contributed by atoms with van der Waals surface area (Å²) in [6, 6.07) is 7.51. The van der Waals surface area contributed by atoms with Crippen molar-refractivity contribution in [2.75, 3.05) is 11.1 Å². The summed E-state index contributed by atoms with van der Waals surface area (Å²) in [6.45, 7) is 0. The number of carbonyl (C=O) groups is 1. The van der Waals surface area contributed by atoms with E-state index in [0.29, 0.717) is 15.7 Å². The van der Waals surface area contributed by atoms with Crippen molar-refractivity contribution < 1.29 is 4.79 Å². The number of hydrogen-bond acceptors (Lipinski definition) is 2. The number of rotatable bonds is 2. The molecule has 7 heteroatoms. The molecule has 104 valence electrons. The number of amides is 1. The smallest absolute Gasteiger partial charge is 0.257 e. The van der Waals surface area contributed by atoms with Gasteiger partial charge in [0.1, 0.15) is 0 Å². The van der Waals surface area contributed by atoms with Gasteiger partial charge in [0.05, 0.1) is 26.3 Å². The first-order valence-electron chi connectivity index (χ1n) is 5.39. The molecule has 0 aliphatic heterocycles. The predicted octanol–water partition coefficient (Wildman–Crippen LogP) is 5.13. The monoisotopic (exact) mass is 348 g/mol. The Morgan fingerprint density at radius 1 is 0.950 bits per heavy atom. The molecule has 0 radical (unpaired) electrons. The first-order chi connectivity index (χ1) is 9.38. The molecule has 0 saturated carbocycles. The maximum Gasteiger partial charge on any atom is 0.257 e. The summed E-state index contributed by atoms with van der Waals surface area (Å²) >= 11 is 23.5. The van der Waals surface area contributed by atoms with Crippen LogP contribution in [0.25, 0.3) is 0 Å². The van der Waals surface area contributed by atoms with Crippen LogP contribution in [0.3, 0.4) is 0 Å². The number of nitrogens with two attached hydrogens (primary N) is 1. The second-order valence-electron chi connectivity index (χ2n) is 3.93. The first kappa shape index (κ1) is 15.3. The highest BCUT2D eigenvalue weighted by molar-refractivity contribution is 6.44. The zero-order valence-corrected chi connectivity index (χ0v) is 12.9. The SMILES string of the molecule is Nc1cc(Cl)ccc1C(=O)Nc1cc(Cl)c(Cl)cc1Cl. The fourth-order valence-corrected chi connectivity index (χ4v) is 2.32. The normalized spacial score (nSPS) is 10.4. The van der Waals surface area contributed by atoms with E-state index in [1.807, 2.05) is 0 Å². The molecule has 1 amide bonds. The van der Waals surface area contributed by atoms with Crippen LogP contribution in [0.4, 0.5) is 11.4 Å². The van der Waals surface area contributed by atoms with E-state index in [0.717, 1.165) is 0 Å². The van der Waals surface area contributed by atoms with Crippen LogP contribution in [-0.4, -0.2) is 5.91 Å². The van der Waals surface area contributed by atoms with Gasteiger partial charge in [-0.05, 0) is 30.3 Å². The number of nitrogen functional groups attached to an aromatic ring is 1. The van der Waals surface area contributed by atoms with Crippen LogP contribution in [0.1, 0.15) is 10.4 Å². The summed E-state index contributed by atoms with van der Waals surface area (Å²) in [6.07, 6.45) is 0. The Bertz CT molecular complexity index is 688. The molecule has 0 aliphatic rings. The van der Waals surface area contributed by atoms with E-state index in [4.69, 9.17) is 52.1 Å². The molecule has 2 aromatic carbocycles. The van der Waals surface area contributed by atoms with Crippen molar-refractivity contribution >= 4 is 63.7 Å². The summed E-state index contributed by atoms with van der Waals surface area (Å²) in [4.78, 5) is 12.1. The lowest BCUT2D eigenvalue weighted by Crippen LogP contribution is -2.14. The van der Waals surface area contributed by atoms with Gasteiger partial charge >= 0.3 is 0 Å². The van der Waals surface area contributed by atoms with Crippen LogP contribution < -0.4 is 11.1 Å². The van der Waals surface area contributed by atoms with E-state index >= 15 is 0 Å². The van der Waals surface area contributed by atoms with Gasteiger partial charge in [-0.15, -0.1) is 0 Å². The van der Waals surface area contributed by atoms with E-state index in [1.165, 1.54) is 24.3 Å². The van der Waals surface area contributed by atoms with Gasteiger partial charge < -0.3 is 11.1 Å². The van der Waals surface area contributed by atoms with E-state index in [-0.39, 0.29) is 21.3 Å². The zero-order valence-electron chi connectivity index (χ0n) is 9.88. The second kappa shape index (κ2) is 6.10. The molecule has 0 spiro atoms. The van der Waals surface area contributed by atoms with Crippen molar-refractivity contribution in [3.05, 3.63) is 56.0 Å². The van der Waals surface area contributed by atoms with Gasteiger partial charge in [0.25, 0.3) is 5.91 Å². The average Bonchev–Trinajstić information content (AvgIpc) is 2.35. The standard InChI is InChI=1S/C13H8Cl4N2O/c14-6-1-2-7(11(18)3-6)13(20)19-12-5-9(16)8(15)4-10(12)17/h1-5H,18H2,(H,19,20). The van der Waals surface area contributed by atoms with Gasteiger partial charge in [0, 0.05) is 10.7 Å². The molecule has 2 rings (SSSR count). The zero-order chi connectivity index (χ0) is 14.9. The number of carbonyl (C=O) groups excluding carboxylic acids is 1. The predicted molar refractivity (Wildman–Crippen MR) is 85.3 cm³/mol. The van der Waals surface area contributed by atoms with Crippen LogP contribution in [0, 0.1) is 0 Å². The lowest BCUT2D eigenvalue weighted by atomic mass is 10.1. The molecule has 0 saturated heterocycles. The van der Waals surface area contributed by atoms with Crippen LogP contribution in [0.15, 0.2) is 30.3 Å². The molecule has 0 atom stereocenters. The molecule has 0 heterocycles. The van der Waals surface area contributed by atoms with E-state index in [9.17, 15) is 4.79 Å². The second-order valence-corrected chi connectivity index (χ2v) is 5.59. The molecule has 20 heavy (non-hydrogen) atoms. The fraction of sp³-hybridized carbons (Fsp3) is 0. The number of hydrogen-bond donors (Lipinski definition) is 2. The lowest BCUT2D eigenvalue weighted by Gasteiger charge is -2.10. The molecule has 0 unspecified atom stereocenters. The average molecular weight is 350 g/mol. The maximum atomic E-state index is 12.1. The van der Waals surface area contributed by atoms with Crippen molar-refractivity contribution in [3.63, 3.8) is 0 Å². The fourth-order valence-electron chi connectivity index (χ4n) is 1.55. The van der Waals surface area contributed by atoms with Crippen molar-refractivity contribution in [2.45, 2.75) is 0 Å². The largest absolute Gasteiger partial charge is 0.398 e. The lowest BCUT2D eigenvalue weighted by molar-refractivity contribution is 0.102. The first-order valence-corrected chi connectivity index (χ1v) is 6.90. The van der Waals surface area contributed by atoms with Crippen LogP contribution in [-0.2, 0) is 0 Å². The molecule has 0 bridgehead atoms. The number of halogens is 4. The molecule has 0 fully saturated rings. The minimum Gasteiger partial charge on any atom is -0.398 e. The number of benzene rings is 2. The minimum atomic E-state index is -0.417. The highest BCUT2D eigenvalue weighted by atomic mass is 35.5. The maximum absolute atomic E-state index is 12.1. The summed E-state index contributed by atoms with van der Waals surface area (Å²) in [5.74, 6) is -0.417. The van der Waals surface area contributed by atoms with Gasteiger partial charge in [-0.3, -0.25) is 4.79 Å². The number of anilines is 2. The van der Waals surface area contributed by atoms with Crippen LogP contribution in [0.5, 0.6) is 0 Å². The topological polar surface area (TPSA) is 55.1 Å². The van der Waals surface area contributed by atoms with Crippen molar-refractivity contribution in [1.29, 1.82) is 0 Å². The van der Waals surface area contributed by atoms with Crippen LogP contribution >= 0.6 is 46.4 Å². The molecular weight excluding hydrogens is 342 g/mol. The number of nitrogens with one attached hydrogen (secondary N) is 1. The molecular formula is C13H8Cl4N2O. The Labute approximate surface area is 135 Å². The summed E-state index contributed by atoms with van der Waals surface area (Å²) in [7, 11) is 0. The Morgan fingerprint density at radius 3 is 2.25 bits per heavy atom. The summed E-state index contributed by atoms with van der Waals surface area (Å²) in [5, 5.41) is 3.94. The van der Waals surface area contributed by atoms with Crippen LogP contribution in [0.2, 0.25) is 20.1 Å². The van der Waals surface area contributed by atoms with Crippen molar-refractivity contribution in [2.24, 2.45) is 0 Å². The van der Waals surface area contributed by atoms with E-state index in [1.54, 1.807) is 6.07 Å². The third-order valence-electron chi connectivity index (χ3n) is 2.52. The molecule has 3 N–H and O–H groups in total. The van der Waals surface area contributed by atoms with Gasteiger partial charge in [0.15, 0.2) is 0 Å². The van der Waals surface area contributed by atoms with E-state index in [2.05, 4.69) is 5.32 Å². The Morgan fingerprint density at radius 2 is 1.60 bits per heavy atom. The van der Waals surface area contributed by atoms with Crippen molar-refractivity contribution in [1.82, 2.24) is 0 Å². The molecule has 0 aliphatic carbocycles. The molecule has 0 aromatic heterocycles. The van der Waals surface area contributed by atoms with Gasteiger partial charge in [0.2, 0.25) is 0 Å².